The topological polar surface area (TPSA) is 71.4 Å². The zero-order valence-electron chi connectivity index (χ0n) is 17.7. The number of hydrogen-bond donors (Lipinski definition) is 1. The van der Waals surface area contributed by atoms with Gasteiger partial charge in [-0.25, -0.2) is 4.79 Å². The van der Waals surface area contributed by atoms with Gasteiger partial charge in [-0.05, 0) is 56.2 Å². The number of aromatic nitrogens is 1. The van der Waals surface area contributed by atoms with Gasteiger partial charge in [0.25, 0.3) is 5.91 Å². The molecule has 1 saturated heterocycles. The predicted molar refractivity (Wildman–Crippen MR) is 115 cm³/mol. The number of urea groups is 1. The molecule has 1 aliphatic rings. The Hall–Kier alpha value is -3.41. The molecule has 3 aromatic rings. The average Bonchev–Trinajstić information content (AvgIpc) is 3.14. The van der Waals surface area contributed by atoms with E-state index in [-0.39, 0.29) is 12.3 Å². The van der Waals surface area contributed by atoms with Crippen LogP contribution in [-0.4, -0.2) is 33.7 Å². The van der Waals surface area contributed by atoms with Crippen LogP contribution in [-0.2, 0) is 16.9 Å². The molecular weight excluding hydrogens is 378 g/mol. The Kier molecular flexibility index (Phi) is 4.73. The van der Waals surface area contributed by atoms with Crippen LogP contribution in [0, 0.1) is 13.8 Å². The van der Waals surface area contributed by atoms with Gasteiger partial charge in [0.1, 0.15) is 5.54 Å². The van der Waals surface area contributed by atoms with Gasteiger partial charge in [-0.1, -0.05) is 36.4 Å². The second kappa shape index (κ2) is 7.13. The van der Waals surface area contributed by atoms with E-state index < -0.39 is 17.5 Å². The minimum Gasteiger partial charge on any atom is -0.349 e. The first-order valence-electron chi connectivity index (χ1n) is 10.1. The smallest absolute Gasteiger partial charge is 0.325 e. The monoisotopic (exact) mass is 403 g/mol. The lowest BCUT2D eigenvalue weighted by Gasteiger charge is -2.22. The fourth-order valence-corrected chi connectivity index (χ4v) is 4.34. The van der Waals surface area contributed by atoms with Crippen molar-refractivity contribution in [3.05, 3.63) is 71.0 Å². The van der Waals surface area contributed by atoms with Crippen molar-refractivity contribution in [2.75, 3.05) is 6.54 Å². The molecule has 0 saturated carbocycles. The molecule has 1 aliphatic heterocycles. The highest BCUT2D eigenvalue weighted by atomic mass is 16.2. The summed E-state index contributed by atoms with van der Waals surface area (Å²) in [4.78, 5) is 39.8. The van der Waals surface area contributed by atoms with Gasteiger partial charge < -0.3 is 9.88 Å². The molecule has 2 heterocycles. The van der Waals surface area contributed by atoms with Crippen molar-refractivity contribution < 1.29 is 14.4 Å². The first kappa shape index (κ1) is 19.9. The fourth-order valence-electron chi connectivity index (χ4n) is 4.34. The summed E-state index contributed by atoms with van der Waals surface area (Å²) in [6.07, 6.45) is 0. The van der Waals surface area contributed by atoms with Crippen LogP contribution in [0.15, 0.2) is 48.5 Å². The maximum absolute atomic E-state index is 13.2. The number of nitrogens with one attached hydrogen (secondary N) is 1. The van der Waals surface area contributed by atoms with Crippen LogP contribution in [0.4, 0.5) is 4.79 Å². The Morgan fingerprint density at radius 1 is 1.03 bits per heavy atom. The summed E-state index contributed by atoms with van der Waals surface area (Å²) in [5, 5.41) is 4.83. The van der Waals surface area contributed by atoms with Gasteiger partial charge in [0.05, 0.1) is 6.54 Å². The maximum atomic E-state index is 13.2. The SMILES string of the molecule is CCn1c(C)cc(C(=O)CN2C(=O)NC(C)(c3ccc4ccccc4c3)C2=O)c1C. The van der Waals surface area contributed by atoms with Crippen molar-refractivity contribution in [1.29, 1.82) is 0 Å². The Bertz CT molecular complexity index is 1190. The van der Waals surface area contributed by atoms with E-state index in [9.17, 15) is 14.4 Å². The number of aryl methyl sites for hydroxylation is 1. The van der Waals surface area contributed by atoms with E-state index >= 15 is 0 Å². The van der Waals surface area contributed by atoms with Crippen LogP contribution in [0.25, 0.3) is 10.8 Å². The van der Waals surface area contributed by atoms with Gasteiger partial charge in [-0.2, -0.15) is 0 Å². The number of fused-ring (bicyclic) bond motifs is 1. The molecule has 6 heteroatoms. The molecule has 3 amide bonds. The Morgan fingerprint density at radius 2 is 1.73 bits per heavy atom. The molecule has 0 radical (unpaired) electrons. The predicted octanol–water partition coefficient (Wildman–Crippen LogP) is 3.93. The molecule has 1 atom stereocenters. The third-order valence-corrected chi connectivity index (χ3v) is 6.09. The van der Waals surface area contributed by atoms with E-state index in [4.69, 9.17) is 0 Å². The van der Waals surface area contributed by atoms with Crippen molar-refractivity contribution in [2.45, 2.75) is 39.8 Å². The van der Waals surface area contributed by atoms with E-state index in [2.05, 4.69) is 5.32 Å². The van der Waals surface area contributed by atoms with E-state index in [1.54, 1.807) is 6.92 Å². The van der Waals surface area contributed by atoms with Crippen LogP contribution >= 0.6 is 0 Å². The van der Waals surface area contributed by atoms with E-state index in [1.807, 2.05) is 73.9 Å². The highest BCUT2D eigenvalue weighted by Crippen LogP contribution is 2.31. The summed E-state index contributed by atoms with van der Waals surface area (Å²) in [5.74, 6) is -0.658. The number of rotatable bonds is 5. The highest BCUT2D eigenvalue weighted by molar-refractivity contribution is 6.11. The maximum Gasteiger partial charge on any atom is 0.325 e. The molecule has 0 spiro atoms. The second-order valence-electron chi connectivity index (χ2n) is 7.96. The average molecular weight is 403 g/mol. The number of nitrogens with zero attached hydrogens (tertiary/aromatic N) is 2. The van der Waals surface area contributed by atoms with Gasteiger partial charge in [0.15, 0.2) is 5.78 Å². The van der Waals surface area contributed by atoms with Crippen LogP contribution in [0.5, 0.6) is 0 Å². The van der Waals surface area contributed by atoms with E-state index in [0.29, 0.717) is 11.1 Å². The Balaban J connectivity index is 1.62. The normalized spacial score (nSPS) is 18.9. The molecule has 30 heavy (non-hydrogen) atoms. The van der Waals surface area contributed by atoms with E-state index in [1.165, 1.54) is 0 Å². The summed E-state index contributed by atoms with van der Waals surface area (Å²) in [6.45, 7) is 8.01. The molecule has 6 nitrogen and oxygen atoms in total. The number of carbonyl (C=O) groups is 3. The summed E-state index contributed by atoms with van der Waals surface area (Å²) < 4.78 is 2.04. The number of hydrogen-bond acceptors (Lipinski definition) is 3. The number of Topliss-reactive ketones (excluding diaryl/α,β-unsaturated/α-hetero) is 1. The number of amides is 3. The summed E-state index contributed by atoms with van der Waals surface area (Å²) in [6, 6.07) is 14.8. The third kappa shape index (κ3) is 3.00. The molecule has 0 bridgehead atoms. The standard InChI is InChI=1S/C24H25N3O3/c1-5-26-15(2)12-20(16(26)3)21(28)14-27-22(29)24(4,25-23(27)30)19-11-10-17-8-6-7-9-18(17)13-19/h6-13H,5,14H2,1-4H3,(H,25,30). The molecule has 1 unspecified atom stereocenters. The molecular formula is C24H25N3O3. The van der Waals surface area contributed by atoms with Crippen molar-refractivity contribution in [2.24, 2.45) is 0 Å². The van der Waals surface area contributed by atoms with Gasteiger partial charge in [-0.3, -0.25) is 14.5 Å². The Labute approximate surface area is 175 Å². The van der Waals surface area contributed by atoms with Gasteiger partial charge >= 0.3 is 6.03 Å². The van der Waals surface area contributed by atoms with Crippen LogP contribution in [0.2, 0.25) is 0 Å². The number of imide groups is 1. The fraction of sp³-hybridized carbons (Fsp3) is 0.292. The van der Waals surface area contributed by atoms with Gasteiger partial charge in [-0.15, -0.1) is 0 Å². The molecule has 2 aromatic carbocycles. The van der Waals surface area contributed by atoms with Gasteiger partial charge in [0.2, 0.25) is 0 Å². The largest absolute Gasteiger partial charge is 0.349 e. The van der Waals surface area contributed by atoms with Crippen LogP contribution < -0.4 is 5.32 Å². The highest BCUT2D eigenvalue weighted by Gasteiger charge is 2.49. The van der Waals surface area contributed by atoms with Crippen LogP contribution in [0.1, 0.15) is 41.2 Å². The Morgan fingerprint density at radius 3 is 2.40 bits per heavy atom. The minimum absolute atomic E-state index is 0.242. The summed E-state index contributed by atoms with van der Waals surface area (Å²) >= 11 is 0. The quantitative estimate of drug-likeness (QED) is 0.518. The molecule has 4 rings (SSSR count). The minimum atomic E-state index is -1.21. The third-order valence-electron chi connectivity index (χ3n) is 6.09. The molecule has 1 aromatic heterocycles. The molecule has 154 valence electrons. The molecule has 1 N–H and O–H groups in total. The zero-order valence-corrected chi connectivity index (χ0v) is 17.7. The first-order chi connectivity index (χ1) is 14.3. The number of benzene rings is 2. The first-order valence-corrected chi connectivity index (χ1v) is 10.1. The number of ketones is 1. The second-order valence-corrected chi connectivity index (χ2v) is 7.96. The molecule has 1 fully saturated rings. The van der Waals surface area contributed by atoms with Crippen molar-refractivity contribution in [3.8, 4) is 0 Å². The zero-order chi connectivity index (χ0) is 21.6. The van der Waals surface area contributed by atoms with Crippen molar-refractivity contribution in [3.63, 3.8) is 0 Å². The number of carbonyl (C=O) groups excluding carboxylic acids is 3. The molecule has 0 aliphatic carbocycles. The van der Waals surface area contributed by atoms with Crippen molar-refractivity contribution >= 4 is 28.5 Å². The van der Waals surface area contributed by atoms with Crippen molar-refractivity contribution in [1.82, 2.24) is 14.8 Å². The lowest BCUT2D eigenvalue weighted by atomic mass is 9.90. The lowest BCUT2D eigenvalue weighted by Crippen LogP contribution is -2.41. The van der Waals surface area contributed by atoms with E-state index in [0.717, 1.165) is 33.6 Å². The summed E-state index contributed by atoms with van der Waals surface area (Å²) in [7, 11) is 0. The van der Waals surface area contributed by atoms with Crippen LogP contribution in [0.3, 0.4) is 0 Å². The summed E-state index contributed by atoms with van der Waals surface area (Å²) in [5.41, 5.74) is 1.87. The van der Waals surface area contributed by atoms with Gasteiger partial charge in [0, 0.05) is 23.5 Å². The lowest BCUT2D eigenvalue weighted by molar-refractivity contribution is -0.130.